The molecule has 2 heteroatoms. The van der Waals surface area contributed by atoms with Gasteiger partial charge in [0.2, 0.25) is 0 Å². The van der Waals surface area contributed by atoms with E-state index in [1.54, 1.807) is 24.5 Å². The van der Waals surface area contributed by atoms with E-state index in [4.69, 9.17) is 0 Å². The summed E-state index contributed by atoms with van der Waals surface area (Å²) in [4.78, 5) is 0. The molecule has 0 saturated carbocycles. The molecule has 0 aliphatic rings. The van der Waals surface area contributed by atoms with Crippen molar-refractivity contribution >= 4 is 14.6 Å². The van der Waals surface area contributed by atoms with Crippen molar-refractivity contribution in [2.75, 3.05) is 18.5 Å². The minimum absolute atomic E-state index is 0.977. The standard InChI is InChI=1S/C18H43PSi/c1-7-11-15-19(16-12-8-2,17-13-9-3)20(5,6)18-14-10-4/h19H,7-18H2,1-6H3. The Kier molecular flexibility index (Phi) is 11.6. The van der Waals surface area contributed by atoms with Crippen LogP contribution < -0.4 is 0 Å². The Bertz CT molecular complexity index is 204. The van der Waals surface area contributed by atoms with Crippen LogP contribution in [-0.2, 0) is 0 Å². The third-order valence-corrected chi connectivity index (χ3v) is 25.6. The van der Waals surface area contributed by atoms with Crippen molar-refractivity contribution in [1.29, 1.82) is 0 Å². The fourth-order valence-corrected chi connectivity index (χ4v) is 21.3. The number of hydrogen-bond acceptors (Lipinski definition) is 0. The molecule has 0 unspecified atom stereocenters. The van der Waals surface area contributed by atoms with Crippen molar-refractivity contribution in [1.82, 2.24) is 0 Å². The van der Waals surface area contributed by atoms with Crippen LogP contribution in [0.15, 0.2) is 0 Å². The van der Waals surface area contributed by atoms with Crippen LogP contribution in [0.3, 0.4) is 0 Å². The summed E-state index contributed by atoms with van der Waals surface area (Å²) in [5.74, 6) is 0. The second kappa shape index (κ2) is 11.2. The Labute approximate surface area is 131 Å². The van der Waals surface area contributed by atoms with Crippen LogP contribution in [-0.4, -0.2) is 26.2 Å². The van der Waals surface area contributed by atoms with E-state index in [2.05, 4.69) is 40.8 Å². The van der Waals surface area contributed by atoms with E-state index in [0.717, 1.165) is 0 Å². The van der Waals surface area contributed by atoms with Crippen molar-refractivity contribution in [3.05, 3.63) is 0 Å². The van der Waals surface area contributed by atoms with Gasteiger partial charge >= 0.3 is 131 Å². The number of rotatable bonds is 13. The Morgan fingerprint density at radius 2 is 0.950 bits per heavy atom. The zero-order chi connectivity index (χ0) is 15.5. The zero-order valence-electron chi connectivity index (χ0n) is 15.5. The van der Waals surface area contributed by atoms with Crippen LogP contribution in [0.2, 0.25) is 19.1 Å². The molecule has 0 heterocycles. The van der Waals surface area contributed by atoms with Crippen molar-refractivity contribution < 1.29 is 0 Å². The van der Waals surface area contributed by atoms with E-state index in [1.165, 1.54) is 51.4 Å². The Hall–Kier alpha value is 0.647. The van der Waals surface area contributed by atoms with Crippen LogP contribution >= 0.6 is 6.81 Å². The Balaban J connectivity index is 5.08. The first-order valence-corrected chi connectivity index (χ1v) is 16.3. The summed E-state index contributed by atoms with van der Waals surface area (Å²) in [7, 11) is -0.977. The summed E-state index contributed by atoms with van der Waals surface area (Å²) in [6.07, 6.45) is 16.6. The van der Waals surface area contributed by atoms with Crippen LogP contribution in [0, 0.1) is 0 Å². The normalized spacial score (nSPS) is 13.7. The van der Waals surface area contributed by atoms with Gasteiger partial charge in [-0.1, -0.05) is 0 Å². The molecule has 124 valence electrons. The van der Waals surface area contributed by atoms with Gasteiger partial charge in [0.25, 0.3) is 0 Å². The molecule has 0 amide bonds. The molecule has 0 N–H and O–H groups in total. The molecule has 0 bridgehead atoms. The topological polar surface area (TPSA) is 0 Å². The van der Waals surface area contributed by atoms with Gasteiger partial charge in [-0.25, -0.2) is 0 Å². The van der Waals surface area contributed by atoms with Crippen LogP contribution in [0.1, 0.15) is 79.1 Å². The summed E-state index contributed by atoms with van der Waals surface area (Å²) in [5.41, 5.74) is 0. The van der Waals surface area contributed by atoms with Gasteiger partial charge < -0.3 is 0 Å². The van der Waals surface area contributed by atoms with Gasteiger partial charge in [-0.15, -0.1) is 0 Å². The van der Waals surface area contributed by atoms with Gasteiger partial charge in [0.1, 0.15) is 0 Å². The molecule has 0 aromatic rings. The fraction of sp³-hybridized carbons (Fsp3) is 1.00. The molecular formula is C18H43PSi. The molecule has 0 aromatic heterocycles. The van der Waals surface area contributed by atoms with E-state index < -0.39 is 14.6 Å². The molecule has 0 nitrogen and oxygen atoms in total. The van der Waals surface area contributed by atoms with Gasteiger partial charge in [0, 0.05) is 0 Å². The molecule has 0 aromatic carbocycles. The van der Waals surface area contributed by atoms with Crippen LogP contribution in [0.25, 0.3) is 0 Å². The van der Waals surface area contributed by atoms with Crippen molar-refractivity contribution in [2.24, 2.45) is 0 Å². The Morgan fingerprint density at radius 3 is 1.25 bits per heavy atom. The molecule has 20 heavy (non-hydrogen) atoms. The average molecular weight is 319 g/mol. The van der Waals surface area contributed by atoms with E-state index in [-0.39, 0.29) is 0 Å². The summed E-state index contributed by atoms with van der Waals surface area (Å²) < 4.78 is 0. The summed E-state index contributed by atoms with van der Waals surface area (Å²) in [6.45, 7) is 14.1. The molecule has 0 rings (SSSR count). The molecule has 0 saturated heterocycles. The number of unbranched alkanes of at least 4 members (excludes halogenated alkanes) is 4. The number of hydrogen-bond donors (Lipinski definition) is 0. The molecule has 0 aliphatic carbocycles. The first-order chi connectivity index (χ1) is 9.49. The maximum atomic E-state index is 2.77. The first-order valence-electron chi connectivity index (χ1n) is 9.49. The van der Waals surface area contributed by atoms with E-state index in [1.807, 2.05) is 0 Å². The predicted molar refractivity (Wildman–Crippen MR) is 105 cm³/mol. The first kappa shape index (κ1) is 20.6. The summed E-state index contributed by atoms with van der Waals surface area (Å²) in [6, 6.07) is 1.62. The third kappa shape index (κ3) is 6.61. The third-order valence-electron chi connectivity index (χ3n) is 5.62. The summed E-state index contributed by atoms with van der Waals surface area (Å²) in [5, 5.41) is 0. The second-order valence-electron chi connectivity index (χ2n) is 7.58. The van der Waals surface area contributed by atoms with Crippen molar-refractivity contribution in [2.45, 2.75) is 98.2 Å². The molecule has 0 fully saturated rings. The van der Waals surface area contributed by atoms with E-state index in [0.29, 0.717) is 0 Å². The molecular weight excluding hydrogens is 275 g/mol. The van der Waals surface area contributed by atoms with Gasteiger partial charge in [-0.05, 0) is 0 Å². The monoisotopic (exact) mass is 318 g/mol. The van der Waals surface area contributed by atoms with Gasteiger partial charge in [-0.2, -0.15) is 0 Å². The van der Waals surface area contributed by atoms with Crippen molar-refractivity contribution in [3.8, 4) is 0 Å². The quantitative estimate of drug-likeness (QED) is 0.250. The summed E-state index contributed by atoms with van der Waals surface area (Å²) >= 11 is 0. The minimum atomic E-state index is -0.984. The zero-order valence-corrected chi connectivity index (χ0v) is 17.5. The molecule has 0 radical (unpaired) electrons. The van der Waals surface area contributed by atoms with Gasteiger partial charge in [0.05, 0.1) is 0 Å². The van der Waals surface area contributed by atoms with E-state index >= 15 is 0 Å². The molecule has 0 atom stereocenters. The maximum absolute atomic E-state index is 2.77. The van der Waals surface area contributed by atoms with Crippen LogP contribution in [0.5, 0.6) is 0 Å². The SMILES string of the molecule is CCCC[Si](C)(C)[PH](CCCC)(CCCC)CCCC. The predicted octanol–water partition coefficient (Wildman–Crippen LogP) is 7.14. The van der Waals surface area contributed by atoms with Gasteiger partial charge in [-0.3, -0.25) is 0 Å². The van der Waals surface area contributed by atoms with Gasteiger partial charge in [0.15, 0.2) is 0 Å². The van der Waals surface area contributed by atoms with Crippen LogP contribution in [0.4, 0.5) is 0 Å². The molecule has 0 aliphatic heterocycles. The fourth-order valence-electron chi connectivity index (χ4n) is 3.82. The van der Waals surface area contributed by atoms with Crippen molar-refractivity contribution in [3.63, 3.8) is 0 Å². The average Bonchev–Trinajstić information content (AvgIpc) is 2.44. The van der Waals surface area contributed by atoms with E-state index in [9.17, 15) is 0 Å². The molecule has 0 spiro atoms. The second-order valence-corrected chi connectivity index (χ2v) is 23.1. The Morgan fingerprint density at radius 1 is 0.600 bits per heavy atom.